The lowest BCUT2D eigenvalue weighted by Gasteiger charge is -2.07. The van der Waals surface area contributed by atoms with Gasteiger partial charge in [0.2, 0.25) is 5.75 Å². The second-order valence-corrected chi connectivity index (χ2v) is 4.59. The van der Waals surface area contributed by atoms with Gasteiger partial charge in [0.05, 0.1) is 0 Å². The summed E-state index contributed by atoms with van der Waals surface area (Å²) in [5.74, 6) is -1.81. The largest absolute Gasteiger partial charge is 0.508 e. The molecule has 0 saturated heterocycles. The minimum absolute atomic E-state index is 0.0571. The molecule has 0 unspecified atom stereocenters. The maximum Gasteiger partial charge on any atom is 0.290 e. The lowest BCUT2D eigenvalue weighted by atomic mass is 10.1. The molecule has 3 rings (SSSR count). The van der Waals surface area contributed by atoms with Crippen molar-refractivity contribution in [2.45, 2.75) is 0 Å². The van der Waals surface area contributed by atoms with Gasteiger partial charge in [-0.05, 0) is 24.3 Å². The van der Waals surface area contributed by atoms with Crippen LogP contribution in [0.15, 0.2) is 45.6 Å². The molecule has 0 aliphatic rings. The molecule has 1 aromatic heterocycles. The molecule has 8 heteroatoms. The number of hydrogen-bond acceptors (Lipinski definition) is 7. The Morgan fingerprint density at radius 2 is 1.50 bits per heavy atom. The molecule has 24 heavy (non-hydrogen) atoms. The Labute approximate surface area is 134 Å². The van der Waals surface area contributed by atoms with E-state index in [1.54, 1.807) is 12.1 Å². The highest BCUT2D eigenvalue weighted by atomic mass is 16.4. The fourth-order valence-corrected chi connectivity index (χ4v) is 2.05. The van der Waals surface area contributed by atoms with Crippen molar-refractivity contribution in [3.05, 3.63) is 46.6 Å². The Balaban J connectivity index is 0.000000647. The van der Waals surface area contributed by atoms with E-state index in [-0.39, 0.29) is 29.0 Å². The van der Waals surface area contributed by atoms with Crippen LogP contribution < -0.4 is 5.43 Å². The van der Waals surface area contributed by atoms with Crippen LogP contribution in [0.5, 0.6) is 23.0 Å². The van der Waals surface area contributed by atoms with Crippen LogP contribution in [0.4, 0.5) is 0 Å². The van der Waals surface area contributed by atoms with Crippen molar-refractivity contribution in [2.75, 3.05) is 0 Å². The number of hydrogen-bond donors (Lipinski definition) is 5. The van der Waals surface area contributed by atoms with Crippen LogP contribution in [0.3, 0.4) is 0 Å². The maximum absolute atomic E-state index is 12.1. The summed E-state index contributed by atoms with van der Waals surface area (Å²) in [7, 11) is 0. The number of phenols is 4. The van der Waals surface area contributed by atoms with Gasteiger partial charge in [0.1, 0.15) is 22.5 Å². The van der Waals surface area contributed by atoms with Crippen LogP contribution in [-0.2, 0) is 4.79 Å². The minimum atomic E-state index is -0.771. The first-order chi connectivity index (χ1) is 11.4. The highest BCUT2D eigenvalue weighted by molar-refractivity contribution is 5.89. The number of phenolic OH excluding ortho intramolecular Hbond substituents is 4. The monoisotopic (exact) mass is 332 g/mol. The van der Waals surface area contributed by atoms with Crippen molar-refractivity contribution in [2.24, 2.45) is 0 Å². The predicted octanol–water partition coefficient (Wildman–Crippen LogP) is 1.98. The van der Waals surface area contributed by atoms with Gasteiger partial charge in [-0.3, -0.25) is 9.59 Å². The molecule has 0 aliphatic heterocycles. The smallest absolute Gasteiger partial charge is 0.290 e. The van der Waals surface area contributed by atoms with Gasteiger partial charge in [-0.15, -0.1) is 0 Å². The summed E-state index contributed by atoms with van der Waals surface area (Å²) >= 11 is 0. The first-order valence-electron chi connectivity index (χ1n) is 6.48. The molecule has 0 atom stereocenters. The van der Waals surface area contributed by atoms with Crippen LogP contribution in [-0.4, -0.2) is 32.0 Å². The Kier molecular flexibility index (Phi) is 4.60. The van der Waals surface area contributed by atoms with Crippen LogP contribution in [0, 0.1) is 0 Å². The van der Waals surface area contributed by atoms with E-state index in [0.717, 1.165) is 12.1 Å². The first-order valence-corrected chi connectivity index (χ1v) is 6.48. The molecular formula is C16H12O8. The van der Waals surface area contributed by atoms with Crippen molar-refractivity contribution in [1.82, 2.24) is 0 Å². The molecule has 3 aromatic rings. The van der Waals surface area contributed by atoms with Gasteiger partial charge in [0, 0.05) is 17.7 Å². The highest BCUT2D eigenvalue weighted by Crippen LogP contribution is 2.40. The van der Waals surface area contributed by atoms with Gasteiger partial charge in [-0.1, -0.05) is 0 Å². The number of fused-ring (bicyclic) bond motifs is 1. The number of carbonyl (C=O) groups is 1. The van der Waals surface area contributed by atoms with Crippen molar-refractivity contribution in [3.8, 4) is 34.3 Å². The molecule has 124 valence electrons. The fourth-order valence-electron chi connectivity index (χ4n) is 2.05. The molecular weight excluding hydrogens is 320 g/mol. The third-order valence-electron chi connectivity index (χ3n) is 3.10. The van der Waals surface area contributed by atoms with Gasteiger partial charge in [-0.2, -0.15) is 0 Å². The van der Waals surface area contributed by atoms with E-state index >= 15 is 0 Å². The van der Waals surface area contributed by atoms with Crippen molar-refractivity contribution >= 4 is 17.4 Å². The summed E-state index contributed by atoms with van der Waals surface area (Å²) in [6, 6.07) is 8.19. The van der Waals surface area contributed by atoms with Gasteiger partial charge in [0.25, 0.3) is 6.47 Å². The van der Waals surface area contributed by atoms with Crippen LogP contribution in [0.2, 0.25) is 0 Å². The second kappa shape index (κ2) is 6.61. The molecule has 8 nitrogen and oxygen atoms in total. The average Bonchev–Trinajstić information content (AvgIpc) is 2.53. The molecule has 0 fully saturated rings. The Hall–Kier alpha value is -3.68. The molecule has 0 bridgehead atoms. The Morgan fingerprint density at radius 3 is 2.08 bits per heavy atom. The van der Waals surface area contributed by atoms with E-state index in [1.165, 1.54) is 12.1 Å². The van der Waals surface area contributed by atoms with E-state index in [2.05, 4.69) is 0 Å². The van der Waals surface area contributed by atoms with Gasteiger partial charge >= 0.3 is 0 Å². The van der Waals surface area contributed by atoms with Crippen LogP contribution >= 0.6 is 0 Å². The molecule has 2 aromatic carbocycles. The van der Waals surface area contributed by atoms with Crippen molar-refractivity contribution in [1.29, 1.82) is 0 Å². The van der Waals surface area contributed by atoms with E-state index in [0.29, 0.717) is 5.56 Å². The fraction of sp³-hybridized carbons (Fsp3) is 0. The zero-order chi connectivity index (χ0) is 17.9. The number of benzene rings is 2. The quantitative estimate of drug-likeness (QED) is 0.335. The van der Waals surface area contributed by atoms with Gasteiger partial charge in [-0.25, -0.2) is 0 Å². The van der Waals surface area contributed by atoms with E-state index in [9.17, 15) is 25.2 Å². The molecule has 0 amide bonds. The summed E-state index contributed by atoms with van der Waals surface area (Å²) in [5, 5.41) is 44.6. The molecule has 0 aliphatic carbocycles. The summed E-state index contributed by atoms with van der Waals surface area (Å²) < 4.78 is 5.47. The van der Waals surface area contributed by atoms with Gasteiger partial charge < -0.3 is 29.9 Å². The SMILES string of the molecule is O=CO.O=c1cc(-c2ccc(O)cc2)oc2cc(O)c(O)c(O)c12. The summed E-state index contributed by atoms with van der Waals surface area (Å²) in [4.78, 5) is 20.4. The lowest BCUT2D eigenvalue weighted by molar-refractivity contribution is -0.122. The molecule has 5 N–H and O–H groups in total. The zero-order valence-corrected chi connectivity index (χ0v) is 12.0. The molecule has 0 radical (unpaired) electrons. The Bertz CT molecular complexity index is 941. The van der Waals surface area contributed by atoms with Crippen molar-refractivity contribution in [3.63, 3.8) is 0 Å². The average molecular weight is 332 g/mol. The van der Waals surface area contributed by atoms with E-state index < -0.39 is 22.7 Å². The standard InChI is InChI=1S/C15H10O6.CH2O2/c16-8-3-1-7(2-4-8)11-5-9(17)13-12(21-11)6-10(18)14(19)15(13)20;2-1-3/h1-6,16,18-20H;1H,(H,2,3). The third kappa shape index (κ3) is 3.07. The minimum Gasteiger partial charge on any atom is -0.508 e. The van der Waals surface area contributed by atoms with E-state index in [1.807, 2.05) is 0 Å². The maximum atomic E-state index is 12.1. The zero-order valence-electron chi connectivity index (χ0n) is 12.0. The van der Waals surface area contributed by atoms with Crippen molar-refractivity contribution < 1.29 is 34.7 Å². The topological polar surface area (TPSA) is 148 Å². The molecule has 0 spiro atoms. The van der Waals surface area contributed by atoms with E-state index in [4.69, 9.17) is 14.3 Å². The summed E-state index contributed by atoms with van der Waals surface area (Å²) in [6.07, 6.45) is 0. The normalized spacial score (nSPS) is 10.0. The van der Waals surface area contributed by atoms with Crippen LogP contribution in [0.25, 0.3) is 22.3 Å². The van der Waals surface area contributed by atoms with Crippen LogP contribution in [0.1, 0.15) is 0 Å². The number of aromatic hydroxyl groups is 4. The Morgan fingerprint density at radius 1 is 0.917 bits per heavy atom. The second-order valence-electron chi connectivity index (χ2n) is 4.59. The first kappa shape index (κ1) is 16.7. The number of carboxylic acid groups (broad SMARTS) is 1. The molecule has 1 heterocycles. The molecule has 0 saturated carbocycles. The lowest BCUT2D eigenvalue weighted by Crippen LogP contribution is -2.00. The van der Waals surface area contributed by atoms with Gasteiger partial charge in [0.15, 0.2) is 16.9 Å². The summed E-state index contributed by atoms with van der Waals surface area (Å²) in [6.45, 7) is -0.250. The summed E-state index contributed by atoms with van der Waals surface area (Å²) in [5.41, 5.74) is -0.0793. The predicted molar refractivity (Wildman–Crippen MR) is 83.3 cm³/mol. The highest BCUT2D eigenvalue weighted by Gasteiger charge is 2.17. The number of rotatable bonds is 1. The third-order valence-corrected chi connectivity index (χ3v) is 3.10.